The summed E-state index contributed by atoms with van der Waals surface area (Å²) in [6.07, 6.45) is 3.55. The average molecular weight is 300 g/mol. The Morgan fingerprint density at radius 3 is 2.76 bits per heavy atom. The number of aromatic nitrogens is 4. The van der Waals surface area contributed by atoms with Crippen LogP contribution in [-0.2, 0) is 6.54 Å². The standard InChI is InChI=1S/C15H14ClN5/c1-10-17-7-6-14(20-10)18-8-12-9-19-21-15(12)11-2-4-13(16)5-3-11/h2-7,9H,8H2,1H3,(H,19,21)(H,17,18,20). The van der Waals surface area contributed by atoms with Crippen molar-refractivity contribution in [3.8, 4) is 11.3 Å². The van der Waals surface area contributed by atoms with Crippen molar-refractivity contribution in [3.05, 3.63) is 59.1 Å². The van der Waals surface area contributed by atoms with E-state index in [2.05, 4.69) is 25.5 Å². The van der Waals surface area contributed by atoms with E-state index in [0.717, 1.165) is 33.5 Å². The quantitative estimate of drug-likeness (QED) is 0.774. The lowest BCUT2D eigenvalue weighted by atomic mass is 10.1. The minimum atomic E-state index is 0.630. The molecule has 0 atom stereocenters. The van der Waals surface area contributed by atoms with E-state index in [1.165, 1.54) is 0 Å². The van der Waals surface area contributed by atoms with Gasteiger partial charge in [0, 0.05) is 23.3 Å². The lowest BCUT2D eigenvalue weighted by Gasteiger charge is -2.07. The van der Waals surface area contributed by atoms with Gasteiger partial charge in [0.25, 0.3) is 0 Å². The van der Waals surface area contributed by atoms with Crippen LogP contribution in [0.1, 0.15) is 11.4 Å². The zero-order valence-electron chi connectivity index (χ0n) is 11.5. The molecule has 5 nitrogen and oxygen atoms in total. The van der Waals surface area contributed by atoms with Gasteiger partial charge in [-0.1, -0.05) is 23.7 Å². The second kappa shape index (κ2) is 5.93. The number of rotatable bonds is 4. The molecule has 0 amide bonds. The molecule has 0 unspecified atom stereocenters. The monoisotopic (exact) mass is 299 g/mol. The SMILES string of the molecule is Cc1nccc(NCc2cn[nH]c2-c2ccc(Cl)cc2)n1. The van der Waals surface area contributed by atoms with Gasteiger partial charge < -0.3 is 5.32 Å². The number of nitrogens with one attached hydrogen (secondary N) is 2. The van der Waals surface area contributed by atoms with Crippen molar-refractivity contribution in [2.45, 2.75) is 13.5 Å². The number of anilines is 1. The number of hydrogen-bond acceptors (Lipinski definition) is 4. The van der Waals surface area contributed by atoms with Gasteiger partial charge >= 0.3 is 0 Å². The summed E-state index contributed by atoms with van der Waals surface area (Å²) in [5.74, 6) is 1.54. The molecule has 0 aliphatic heterocycles. The van der Waals surface area contributed by atoms with E-state index in [-0.39, 0.29) is 0 Å². The Morgan fingerprint density at radius 2 is 2.00 bits per heavy atom. The second-order valence-corrected chi connectivity index (χ2v) is 5.06. The summed E-state index contributed by atoms with van der Waals surface area (Å²) in [5, 5.41) is 11.1. The molecule has 0 saturated heterocycles. The van der Waals surface area contributed by atoms with Gasteiger partial charge in [-0.25, -0.2) is 9.97 Å². The van der Waals surface area contributed by atoms with Crippen LogP contribution in [0.25, 0.3) is 11.3 Å². The highest BCUT2D eigenvalue weighted by molar-refractivity contribution is 6.30. The first kappa shape index (κ1) is 13.6. The summed E-state index contributed by atoms with van der Waals surface area (Å²) in [4.78, 5) is 8.39. The molecule has 0 saturated carbocycles. The molecule has 3 aromatic rings. The molecule has 21 heavy (non-hydrogen) atoms. The van der Waals surface area contributed by atoms with E-state index < -0.39 is 0 Å². The molecular formula is C15H14ClN5. The summed E-state index contributed by atoms with van der Waals surface area (Å²) in [6.45, 7) is 2.49. The van der Waals surface area contributed by atoms with Crippen molar-refractivity contribution in [1.82, 2.24) is 20.2 Å². The Bertz CT molecular complexity index is 736. The van der Waals surface area contributed by atoms with E-state index >= 15 is 0 Å². The van der Waals surface area contributed by atoms with E-state index in [0.29, 0.717) is 6.54 Å². The summed E-state index contributed by atoms with van der Waals surface area (Å²) >= 11 is 5.92. The first-order valence-electron chi connectivity index (χ1n) is 6.54. The number of benzene rings is 1. The molecule has 2 aromatic heterocycles. The summed E-state index contributed by atoms with van der Waals surface area (Å²) in [7, 11) is 0. The molecule has 0 bridgehead atoms. The second-order valence-electron chi connectivity index (χ2n) is 4.62. The highest BCUT2D eigenvalue weighted by Crippen LogP contribution is 2.23. The molecule has 6 heteroatoms. The maximum absolute atomic E-state index is 5.92. The largest absolute Gasteiger partial charge is 0.366 e. The molecule has 106 valence electrons. The molecule has 0 spiro atoms. The maximum Gasteiger partial charge on any atom is 0.129 e. The van der Waals surface area contributed by atoms with Crippen LogP contribution in [0.3, 0.4) is 0 Å². The van der Waals surface area contributed by atoms with E-state index in [9.17, 15) is 0 Å². The van der Waals surface area contributed by atoms with Gasteiger partial charge in [-0.05, 0) is 30.7 Å². The van der Waals surface area contributed by atoms with Gasteiger partial charge in [0.05, 0.1) is 11.9 Å². The van der Waals surface area contributed by atoms with Crippen molar-refractivity contribution in [1.29, 1.82) is 0 Å². The van der Waals surface area contributed by atoms with Crippen molar-refractivity contribution in [3.63, 3.8) is 0 Å². The van der Waals surface area contributed by atoms with Gasteiger partial charge in [0.1, 0.15) is 11.6 Å². The molecule has 0 aliphatic carbocycles. The zero-order valence-corrected chi connectivity index (χ0v) is 12.2. The van der Waals surface area contributed by atoms with Crippen molar-refractivity contribution in [2.75, 3.05) is 5.32 Å². The van der Waals surface area contributed by atoms with Crippen molar-refractivity contribution >= 4 is 17.4 Å². The lowest BCUT2D eigenvalue weighted by Crippen LogP contribution is -2.03. The van der Waals surface area contributed by atoms with Crippen LogP contribution in [0.2, 0.25) is 5.02 Å². The zero-order chi connectivity index (χ0) is 14.7. The molecule has 2 heterocycles. The number of nitrogens with zero attached hydrogens (tertiary/aromatic N) is 3. The highest BCUT2D eigenvalue weighted by atomic mass is 35.5. The Balaban J connectivity index is 1.78. The normalized spacial score (nSPS) is 10.6. The maximum atomic E-state index is 5.92. The molecule has 0 fully saturated rings. The molecule has 0 radical (unpaired) electrons. The minimum Gasteiger partial charge on any atom is -0.366 e. The minimum absolute atomic E-state index is 0.630. The van der Waals surface area contributed by atoms with Crippen LogP contribution in [0.15, 0.2) is 42.7 Å². The van der Waals surface area contributed by atoms with E-state index in [4.69, 9.17) is 11.6 Å². The predicted octanol–water partition coefficient (Wildman–Crippen LogP) is 3.44. The molecule has 3 rings (SSSR count). The molecule has 0 aliphatic rings. The summed E-state index contributed by atoms with van der Waals surface area (Å²) in [5.41, 5.74) is 3.09. The van der Waals surface area contributed by atoms with Crippen LogP contribution in [0.5, 0.6) is 0 Å². The number of halogens is 1. The Kier molecular flexibility index (Phi) is 3.83. The van der Waals surface area contributed by atoms with Crippen LogP contribution in [0, 0.1) is 6.92 Å². The van der Waals surface area contributed by atoms with Crippen LogP contribution < -0.4 is 5.32 Å². The Labute approximate surface area is 127 Å². The first-order chi connectivity index (χ1) is 10.2. The fourth-order valence-electron chi connectivity index (χ4n) is 2.05. The van der Waals surface area contributed by atoms with Crippen molar-refractivity contribution in [2.24, 2.45) is 0 Å². The van der Waals surface area contributed by atoms with Crippen LogP contribution in [-0.4, -0.2) is 20.2 Å². The van der Waals surface area contributed by atoms with Crippen molar-refractivity contribution < 1.29 is 0 Å². The van der Waals surface area contributed by atoms with Gasteiger partial charge in [0.2, 0.25) is 0 Å². The Hall–Kier alpha value is -2.40. The fourth-order valence-corrected chi connectivity index (χ4v) is 2.18. The molecular weight excluding hydrogens is 286 g/mol. The van der Waals surface area contributed by atoms with Crippen LogP contribution >= 0.6 is 11.6 Å². The number of aromatic amines is 1. The third-order valence-corrected chi connectivity index (χ3v) is 3.34. The van der Waals surface area contributed by atoms with Gasteiger partial charge in [-0.15, -0.1) is 0 Å². The number of H-pyrrole nitrogens is 1. The number of hydrogen-bond donors (Lipinski definition) is 2. The van der Waals surface area contributed by atoms with Gasteiger partial charge in [-0.2, -0.15) is 5.10 Å². The van der Waals surface area contributed by atoms with Gasteiger partial charge in [-0.3, -0.25) is 5.10 Å². The summed E-state index contributed by atoms with van der Waals surface area (Å²) < 4.78 is 0. The Morgan fingerprint density at radius 1 is 1.19 bits per heavy atom. The summed E-state index contributed by atoms with van der Waals surface area (Å²) in [6, 6.07) is 9.50. The van der Waals surface area contributed by atoms with Gasteiger partial charge in [0.15, 0.2) is 0 Å². The first-order valence-corrected chi connectivity index (χ1v) is 6.92. The highest BCUT2D eigenvalue weighted by Gasteiger charge is 2.08. The molecule has 2 N–H and O–H groups in total. The molecule has 1 aromatic carbocycles. The average Bonchev–Trinajstić information content (AvgIpc) is 2.94. The third-order valence-electron chi connectivity index (χ3n) is 3.09. The topological polar surface area (TPSA) is 66.5 Å². The smallest absolute Gasteiger partial charge is 0.129 e. The fraction of sp³-hybridized carbons (Fsp3) is 0.133. The van der Waals surface area contributed by atoms with Crippen LogP contribution in [0.4, 0.5) is 5.82 Å². The number of aryl methyl sites for hydroxylation is 1. The van der Waals surface area contributed by atoms with E-state index in [1.54, 1.807) is 6.20 Å². The van der Waals surface area contributed by atoms with E-state index in [1.807, 2.05) is 43.5 Å². The third kappa shape index (κ3) is 3.20. The lowest BCUT2D eigenvalue weighted by molar-refractivity contribution is 1.02. The predicted molar refractivity (Wildman–Crippen MR) is 83.1 cm³/mol.